The second kappa shape index (κ2) is 5.49. The molecule has 1 amide bonds. The molecule has 7 nitrogen and oxygen atoms in total. The monoisotopic (exact) mass is 280 g/mol. The summed E-state index contributed by atoms with van der Waals surface area (Å²) >= 11 is 5.73. The van der Waals surface area contributed by atoms with Crippen molar-refractivity contribution in [1.82, 2.24) is 20.5 Å². The van der Waals surface area contributed by atoms with Crippen LogP contribution < -0.4 is 16.6 Å². The number of H-pyrrole nitrogens is 2. The summed E-state index contributed by atoms with van der Waals surface area (Å²) < 4.78 is 0. The van der Waals surface area contributed by atoms with Gasteiger partial charge in [0.25, 0.3) is 11.5 Å². The van der Waals surface area contributed by atoms with Crippen molar-refractivity contribution >= 4 is 17.5 Å². The zero-order valence-corrected chi connectivity index (χ0v) is 10.3. The molecule has 0 saturated heterocycles. The summed E-state index contributed by atoms with van der Waals surface area (Å²) in [5.41, 5.74) is -1.18. The maximum absolute atomic E-state index is 11.7. The van der Waals surface area contributed by atoms with Gasteiger partial charge in [0.2, 0.25) is 5.69 Å². The first kappa shape index (κ1) is 13.0. The topological polar surface area (TPSA) is 108 Å². The van der Waals surface area contributed by atoms with E-state index >= 15 is 0 Å². The maximum atomic E-state index is 11.7. The van der Waals surface area contributed by atoms with Gasteiger partial charge in [-0.15, -0.1) is 0 Å². The lowest BCUT2D eigenvalue weighted by Gasteiger charge is -2.03. The predicted octanol–water partition coefficient (Wildman–Crippen LogP) is 0.0416. The van der Waals surface area contributed by atoms with E-state index in [4.69, 9.17) is 11.6 Å². The van der Waals surface area contributed by atoms with Gasteiger partial charge in [-0.25, -0.2) is 9.89 Å². The van der Waals surface area contributed by atoms with Crippen LogP contribution in [0, 0.1) is 0 Å². The molecular weight excluding hydrogens is 272 g/mol. The normalized spacial score (nSPS) is 10.2. The highest BCUT2D eigenvalue weighted by atomic mass is 35.5. The zero-order chi connectivity index (χ0) is 13.8. The van der Waals surface area contributed by atoms with E-state index < -0.39 is 22.9 Å². The van der Waals surface area contributed by atoms with Gasteiger partial charge in [-0.3, -0.25) is 14.6 Å². The molecule has 0 aliphatic carbocycles. The van der Waals surface area contributed by atoms with Crippen molar-refractivity contribution in [2.75, 3.05) is 0 Å². The number of rotatable bonds is 3. The van der Waals surface area contributed by atoms with Gasteiger partial charge in [-0.1, -0.05) is 23.7 Å². The third kappa shape index (κ3) is 3.29. The molecule has 0 spiro atoms. The Morgan fingerprint density at radius 2 is 1.95 bits per heavy atom. The second-order valence-corrected chi connectivity index (χ2v) is 4.10. The minimum absolute atomic E-state index is 0.219. The summed E-state index contributed by atoms with van der Waals surface area (Å²) in [5.74, 6) is -0.674. The van der Waals surface area contributed by atoms with Crippen molar-refractivity contribution in [3.63, 3.8) is 0 Å². The Hall–Kier alpha value is -2.41. The summed E-state index contributed by atoms with van der Waals surface area (Å²) in [4.78, 5) is 35.7. The molecule has 0 fully saturated rings. The van der Waals surface area contributed by atoms with Crippen molar-refractivity contribution in [3.05, 3.63) is 61.4 Å². The Bertz CT molecular complexity index is 705. The number of carbonyl (C=O) groups is 1. The molecule has 0 radical (unpaired) electrons. The quantitative estimate of drug-likeness (QED) is 0.738. The average molecular weight is 281 g/mol. The van der Waals surface area contributed by atoms with E-state index in [2.05, 4.69) is 10.4 Å². The van der Waals surface area contributed by atoms with Gasteiger partial charge < -0.3 is 5.32 Å². The van der Waals surface area contributed by atoms with Crippen molar-refractivity contribution in [2.45, 2.75) is 6.54 Å². The Morgan fingerprint density at radius 1 is 1.26 bits per heavy atom. The molecule has 0 aliphatic heterocycles. The SMILES string of the molecule is O=C(NCc1ccc(Cl)cc1)c1n[nH]c(=O)[nH]c1=O. The third-order valence-electron chi connectivity index (χ3n) is 2.29. The summed E-state index contributed by atoms with van der Waals surface area (Å²) in [6.07, 6.45) is 0. The Morgan fingerprint density at radius 3 is 2.58 bits per heavy atom. The van der Waals surface area contributed by atoms with Crippen LogP contribution in [0.5, 0.6) is 0 Å². The van der Waals surface area contributed by atoms with Crippen LogP contribution in [-0.2, 0) is 6.54 Å². The predicted molar refractivity (Wildman–Crippen MR) is 68.1 cm³/mol. The van der Waals surface area contributed by atoms with Crippen LogP contribution in [0.15, 0.2) is 33.9 Å². The number of benzene rings is 1. The summed E-state index contributed by atoms with van der Waals surface area (Å²) in [5, 5.41) is 8.48. The highest BCUT2D eigenvalue weighted by Gasteiger charge is 2.12. The van der Waals surface area contributed by atoms with Crippen LogP contribution in [0.3, 0.4) is 0 Å². The Kier molecular flexibility index (Phi) is 3.76. The molecule has 0 bridgehead atoms. The number of halogens is 1. The van der Waals surface area contributed by atoms with Crippen molar-refractivity contribution in [1.29, 1.82) is 0 Å². The summed E-state index contributed by atoms with van der Waals surface area (Å²) in [6.45, 7) is 0.219. The first-order chi connectivity index (χ1) is 9.06. The van der Waals surface area contributed by atoms with Gasteiger partial charge in [0.15, 0.2) is 0 Å². The number of aromatic nitrogens is 3. The van der Waals surface area contributed by atoms with Crippen molar-refractivity contribution in [3.8, 4) is 0 Å². The number of aromatic amines is 2. The van der Waals surface area contributed by atoms with Gasteiger partial charge in [0.1, 0.15) is 0 Å². The minimum atomic E-state index is -0.836. The molecule has 0 unspecified atom stereocenters. The summed E-state index contributed by atoms with van der Waals surface area (Å²) in [6, 6.07) is 6.86. The number of nitrogens with zero attached hydrogens (tertiary/aromatic N) is 1. The molecular formula is C11H9ClN4O3. The average Bonchev–Trinajstić information content (AvgIpc) is 2.37. The van der Waals surface area contributed by atoms with Gasteiger partial charge in [0, 0.05) is 11.6 Å². The van der Waals surface area contributed by atoms with Gasteiger partial charge in [-0.05, 0) is 17.7 Å². The van der Waals surface area contributed by atoms with E-state index in [1.165, 1.54) is 0 Å². The smallest absolute Gasteiger partial charge is 0.342 e. The van der Waals surface area contributed by atoms with Crippen LogP contribution >= 0.6 is 11.6 Å². The van der Waals surface area contributed by atoms with Gasteiger partial charge in [0.05, 0.1) is 0 Å². The van der Waals surface area contributed by atoms with E-state index in [1.54, 1.807) is 24.3 Å². The molecule has 98 valence electrons. The molecule has 0 atom stereocenters. The lowest BCUT2D eigenvalue weighted by atomic mass is 10.2. The molecule has 1 aromatic carbocycles. The Labute approximate surface area is 111 Å². The van der Waals surface area contributed by atoms with Crippen LogP contribution in [0.25, 0.3) is 0 Å². The fourth-order valence-electron chi connectivity index (χ4n) is 1.37. The lowest BCUT2D eigenvalue weighted by molar-refractivity contribution is 0.0943. The molecule has 2 aromatic rings. The molecule has 0 aliphatic rings. The number of hydrogen-bond donors (Lipinski definition) is 3. The molecule has 19 heavy (non-hydrogen) atoms. The van der Waals surface area contributed by atoms with E-state index in [0.717, 1.165) is 5.56 Å². The molecule has 1 heterocycles. The number of nitrogens with one attached hydrogen (secondary N) is 3. The largest absolute Gasteiger partial charge is 0.346 e. The van der Waals surface area contributed by atoms with E-state index in [-0.39, 0.29) is 6.54 Å². The van der Waals surface area contributed by atoms with E-state index in [1.807, 2.05) is 10.1 Å². The van der Waals surface area contributed by atoms with Crippen LogP contribution in [-0.4, -0.2) is 21.1 Å². The molecule has 2 rings (SSSR count). The fourth-order valence-corrected chi connectivity index (χ4v) is 1.50. The van der Waals surface area contributed by atoms with Crippen LogP contribution in [0.1, 0.15) is 16.1 Å². The van der Waals surface area contributed by atoms with Crippen molar-refractivity contribution < 1.29 is 4.79 Å². The first-order valence-corrected chi connectivity index (χ1v) is 5.66. The van der Waals surface area contributed by atoms with Crippen LogP contribution in [0.4, 0.5) is 0 Å². The second-order valence-electron chi connectivity index (χ2n) is 3.66. The maximum Gasteiger partial charge on any atom is 0.342 e. The number of hydrogen-bond acceptors (Lipinski definition) is 4. The molecule has 1 aromatic heterocycles. The molecule has 3 N–H and O–H groups in total. The highest BCUT2D eigenvalue weighted by molar-refractivity contribution is 6.30. The highest BCUT2D eigenvalue weighted by Crippen LogP contribution is 2.09. The fraction of sp³-hybridized carbons (Fsp3) is 0.0909. The standard InChI is InChI=1S/C11H9ClN4O3/c12-7-3-1-6(2-4-7)5-13-9(17)8-10(18)14-11(19)16-15-8/h1-4H,5H2,(H,13,17)(H2,14,16,18,19). The van der Waals surface area contributed by atoms with Gasteiger partial charge in [-0.2, -0.15) is 5.10 Å². The third-order valence-corrected chi connectivity index (χ3v) is 2.54. The van der Waals surface area contributed by atoms with Gasteiger partial charge >= 0.3 is 5.69 Å². The van der Waals surface area contributed by atoms with Crippen molar-refractivity contribution in [2.24, 2.45) is 0 Å². The minimum Gasteiger partial charge on any atom is -0.346 e. The first-order valence-electron chi connectivity index (χ1n) is 5.28. The molecule has 0 saturated carbocycles. The summed E-state index contributed by atoms with van der Waals surface area (Å²) in [7, 11) is 0. The number of amides is 1. The zero-order valence-electron chi connectivity index (χ0n) is 9.57. The number of carbonyl (C=O) groups excluding carboxylic acids is 1. The van der Waals surface area contributed by atoms with E-state index in [0.29, 0.717) is 5.02 Å². The molecule has 8 heteroatoms. The van der Waals surface area contributed by atoms with Crippen LogP contribution in [0.2, 0.25) is 5.02 Å². The van der Waals surface area contributed by atoms with E-state index in [9.17, 15) is 14.4 Å². The lowest BCUT2D eigenvalue weighted by Crippen LogP contribution is -2.35. The Balaban J connectivity index is 2.07.